The second-order valence-corrected chi connectivity index (χ2v) is 4.48. The van der Waals surface area contributed by atoms with Crippen LogP contribution in [0.4, 0.5) is 0 Å². The number of imidazole rings is 1. The van der Waals surface area contributed by atoms with Crippen molar-refractivity contribution in [2.75, 3.05) is 6.61 Å². The number of aromatic nitrogens is 2. The average molecular weight is 297 g/mol. The van der Waals surface area contributed by atoms with Crippen LogP contribution in [0.2, 0.25) is 0 Å². The molecule has 0 radical (unpaired) electrons. The highest BCUT2D eigenvalue weighted by Crippen LogP contribution is 2.15. The lowest BCUT2D eigenvalue weighted by Gasteiger charge is -2.06. The van der Waals surface area contributed by atoms with Gasteiger partial charge in [-0.25, -0.2) is 4.98 Å². The number of aliphatic hydroxyl groups is 1. The Balaban J connectivity index is 1.81. The summed E-state index contributed by atoms with van der Waals surface area (Å²) in [7, 11) is 0. The van der Waals surface area contributed by atoms with E-state index < -0.39 is 0 Å². The normalized spacial score (nSPS) is 10.5. The van der Waals surface area contributed by atoms with Crippen molar-refractivity contribution in [3.8, 4) is 5.75 Å². The molecule has 90 valence electrons. The van der Waals surface area contributed by atoms with E-state index in [4.69, 9.17) is 9.84 Å². The topological polar surface area (TPSA) is 47.3 Å². The van der Waals surface area contributed by atoms with Crippen LogP contribution in [0.15, 0.2) is 41.3 Å². The lowest BCUT2D eigenvalue weighted by atomic mass is 10.3. The van der Waals surface area contributed by atoms with Crippen molar-refractivity contribution in [2.45, 2.75) is 13.2 Å². The third-order valence-corrected chi connectivity index (χ3v) is 2.81. The van der Waals surface area contributed by atoms with Crippen molar-refractivity contribution < 1.29 is 9.84 Å². The molecule has 5 heteroatoms. The Labute approximate surface area is 108 Å². The van der Waals surface area contributed by atoms with Crippen LogP contribution in [0.3, 0.4) is 0 Å². The molecule has 17 heavy (non-hydrogen) atoms. The predicted molar refractivity (Wildman–Crippen MR) is 67.8 cm³/mol. The Morgan fingerprint density at radius 1 is 1.29 bits per heavy atom. The van der Waals surface area contributed by atoms with Crippen molar-refractivity contribution in [3.63, 3.8) is 0 Å². The fourth-order valence-electron chi connectivity index (χ4n) is 1.41. The van der Waals surface area contributed by atoms with Crippen molar-refractivity contribution in [1.29, 1.82) is 0 Å². The number of halogens is 1. The summed E-state index contributed by atoms with van der Waals surface area (Å²) in [6, 6.07) is 7.71. The first-order valence-electron chi connectivity index (χ1n) is 5.28. The third kappa shape index (κ3) is 3.57. The van der Waals surface area contributed by atoms with E-state index >= 15 is 0 Å². The minimum atomic E-state index is -0.0272. The molecule has 4 nitrogen and oxygen atoms in total. The van der Waals surface area contributed by atoms with Gasteiger partial charge < -0.3 is 14.4 Å². The Kier molecular flexibility index (Phi) is 4.17. The molecule has 2 rings (SSSR count). The van der Waals surface area contributed by atoms with Gasteiger partial charge in [-0.1, -0.05) is 15.9 Å². The third-order valence-electron chi connectivity index (χ3n) is 2.28. The summed E-state index contributed by atoms with van der Waals surface area (Å²) in [6.07, 6.45) is 3.50. The average Bonchev–Trinajstić information content (AvgIpc) is 2.80. The molecular formula is C12H13BrN2O2. The highest BCUT2D eigenvalue weighted by molar-refractivity contribution is 9.10. The molecule has 0 aliphatic rings. The van der Waals surface area contributed by atoms with Gasteiger partial charge in [-0.2, -0.15) is 0 Å². The summed E-state index contributed by atoms with van der Waals surface area (Å²) in [4.78, 5) is 4.02. The number of rotatable bonds is 5. The Bertz CT molecular complexity index is 468. The molecule has 0 aliphatic carbocycles. The van der Waals surface area contributed by atoms with E-state index in [9.17, 15) is 0 Å². The van der Waals surface area contributed by atoms with Crippen LogP contribution in [0.1, 0.15) is 5.69 Å². The van der Waals surface area contributed by atoms with Crippen LogP contribution < -0.4 is 4.74 Å². The minimum Gasteiger partial charge on any atom is -0.492 e. The quantitative estimate of drug-likeness (QED) is 0.920. The predicted octanol–water partition coefficient (Wildman–Crippen LogP) is 2.22. The molecule has 0 fully saturated rings. The molecule has 0 bridgehead atoms. The molecular weight excluding hydrogens is 284 g/mol. The van der Waals surface area contributed by atoms with Crippen LogP contribution >= 0.6 is 15.9 Å². The zero-order chi connectivity index (χ0) is 12.1. The lowest BCUT2D eigenvalue weighted by Crippen LogP contribution is -2.06. The zero-order valence-electron chi connectivity index (χ0n) is 9.21. The SMILES string of the molecule is OCc1cn(CCOc2ccc(Br)cc2)cn1. The van der Waals surface area contributed by atoms with Crippen molar-refractivity contribution in [1.82, 2.24) is 9.55 Å². The smallest absolute Gasteiger partial charge is 0.119 e. The monoisotopic (exact) mass is 296 g/mol. The molecule has 1 N–H and O–H groups in total. The fraction of sp³-hybridized carbons (Fsp3) is 0.250. The van der Waals surface area contributed by atoms with Crippen LogP contribution in [0.25, 0.3) is 0 Å². The molecule has 0 aliphatic heterocycles. The summed E-state index contributed by atoms with van der Waals surface area (Å²) >= 11 is 3.37. The summed E-state index contributed by atoms with van der Waals surface area (Å²) in [5.74, 6) is 0.843. The van der Waals surface area contributed by atoms with Gasteiger partial charge in [0.2, 0.25) is 0 Å². The van der Waals surface area contributed by atoms with Crippen LogP contribution in [0.5, 0.6) is 5.75 Å². The number of hydrogen-bond acceptors (Lipinski definition) is 3. The first kappa shape index (κ1) is 12.1. The van der Waals surface area contributed by atoms with Gasteiger partial charge in [-0.05, 0) is 24.3 Å². The molecule has 1 aromatic heterocycles. The summed E-state index contributed by atoms with van der Waals surface area (Å²) < 4.78 is 8.50. The standard InChI is InChI=1S/C12H13BrN2O2/c13-10-1-3-12(4-2-10)17-6-5-15-7-11(8-16)14-9-15/h1-4,7,9,16H,5-6,8H2. The highest BCUT2D eigenvalue weighted by Gasteiger charge is 1.98. The van der Waals surface area contributed by atoms with Gasteiger partial charge in [0.1, 0.15) is 12.4 Å². The van der Waals surface area contributed by atoms with Gasteiger partial charge in [0.05, 0.1) is 25.2 Å². The highest BCUT2D eigenvalue weighted by atomic mass is 79.9. The van der Waals surface area contributed by atoms with Gasteiger partial charge in [-0.15, -0.1) is 0 Å². The van der Waals surface area contributed by atoms with E-state index in [0.29, 0.717) is 18.8 Å². The van der Waals surface area contributed by atoms with Crippen LogP contribution in [-0.4, -0.2) is 21.3 Å². The second-order valence-electron chi connectivity index (χ2n) is 3.56. The van der Waals surface area contributed by atoms with E-state index in [0.717, 1.165) is 10.2 Å². The van der Waals surface area contributed by atoms with E-state index in [2.05, 4.69) is 20.9 Å². The molecule has 0 saturated carbocycles. The molecule has 0 amide bonds. The molecule has 1 aromatic carbocycles. The molecule has 0 unspecified atom stereocenters. The van der Waals surface area contributed by atoms with E-state index in [1.807, 2.05) is 35.0 Å². The number of nitrogens with zero attached hydrogens (tertiary/aromatic N) is 2. The maximum atomic E-state index is 8.87. The lowest BCUT2D eigenvalue weighted by molar-refractivity contribution is 0.276. The maximum absolute atomic E-state index is 8.87. The maximum Gasteiger partial charge on any atom is 0.119 e. The Morgan fingerprint density at radius 2 is 2.06 bits per heavy atom. The van der Waals surface area contributed by atoms with Crippen molar-refractivity contribution in [2.24, 2.45) is 0 Å². The molecule has 0 atom stereocenters. The summed E-state index contributed by atoms with van der Waals surface area (Å²) in [5, 5.41) is 8.87. The molecule has 1 heterocycles. The molecule has 0 spiro atoms. The van der Waals surface area contributed by atoms with Gasteiger partial charge in [0, 0.05) is 10.7 Å². The zero-order valence-corrected chi connectivity index (χ0v) is 10.8. The van der Waals surface area contributed by atoms with Gasteiger partial charge in [0.25, 0.3) is 0 Å². The number of aliphatic hydroxyl groups excluding tert-OH is 1. The van der Waals surface area contributed by atoms with E-state index in [1.165, 1.54) is 0 Å². The van der Waals surface area contributed by atoms with Gasteiger partial charge in [0.15, 0.2) is 0 Å². The van der Waals surface area contributed by atoms with Gasteiger partial charge in [-0.3, -0.25) is 0 Å². The summed E-state index contributed by atoms with van der Waals surface area (Å²) in [6.45, 7) is 1.26. The summed E-state index contributed by atoms with van der Waals surface area (Å²) in [5.41, 5.74) is 0.675. The largest absolute Gasteiger partial charge is 0.492 e. The van der Waals surface area contributed by atoms with Crippen LogP contribution in [0, 0.1) is 0 Å². The number of benzene rings is 1. The van der Waals surface area contributed by atoms with Crippen molar-refractivity contribution >= 4 is 15.9 Å². The van der Waals surface area contributed by atoms with Gasteiger partial charge >= 0.3 is 0 Å². The fourth-order valence-corrected chi connectivity index (χ4v) is 1.67. The Morgan fingerprint density at radius 3 is 2.71 bits per heavy atom. The first-order valence-corrected chi connectivity index (χ1v) is 6.07. The molecule has 0 saturated heterocycles. The molecule has 2 aromatic rings. The number of ether oxygens (including phenoxy) is 1. The second kappa shape index (κ2) is 5.84. The Hall–Kier alpha value is -1.33. The number of hydrogen-bond donors (Lipinski definition) is 1. The van der Waals surface area contributed by atoms with Crippen molar-refractivity contribution in [3.05, 3.63) is 47.0 Å². The van der Waals surface area contributed by atoms with Crippen LogP contribution in [-0.2, 0) is 13.2 Å². The minimum absolute atomic E-state index is 0.0272. The van der Waals surface area contributed by atoms with E-state index in [1.54, 1.807) is 6.33 Å². The van der Waals surface area contributed by atoms with E-state index in [-0.39, 0.29) is 6.61 Å². The first-order chi connectivity index (χ1) is 8.28.